The molecule has 2 rings (SSSR count). The fraction of sp³-hybridized carbons (Fsp3) is 0.647. The van der Waals surface area contributed by atoms with E-state index in [1.54, 1.807) is 7.11 Å². The van der Waals surface area contributed by atoms with Crippen molar-refractivity contribution in [3.63, 3.8) is 0 Å². The molecule has 3 nitrogen and oxygen atoms in total. The molecule has 3 heteroatoms. The molecule has 112 valence electrons. The summed E-state index contributed by atoms with van der Waals surface area (Å²) >= 11 is 0. The van der Waals surface area contributed by atoms with E-state index in [0.29, 0.717) is 0 Å². The molecule has 1 aromatic rings. The zero-order valence-electron chi connectivity index (χ0n) is 13.2. The van der Waals surface area contributed by atoms with Gasteiger partial charge in [-0.3, -0.25) is 0 Å². The lowest BCUT2D eigenvalue weighted by molar-refractivity contribution is -0.0273. The van der Waals surface area contributed by atoms with Gasteiger partial charge in [-0.25, -0.2) is 0 Å². The predicted molar refractivity (Wildman–Crippen MR) is 82.3 cm³/mol. The van der Waals surface area contributed by atoms with Crippen molar-refractivity contribution in [1.82, 2.24) is 4.90 Å². The van der Waals surface area contributed by atoms with Gasteiger partial charge < -0.3 is 14.7 Å². The first kappa shape index (κ1) is 15.3. The number of rotatable bonds is 4. The highest BCUT2D eigenvalue weighted by atomic mass is 16.5. The lowest BCUT2D eigenvalue weighted by atomic mass is 9.82. The first-order valence-electron chi connectivity index (χ1n) is 7.61. The van der Waals surface area contributed by atoms with E-state index >= 15 is 0 Å². The second kappa shape index (κ2) is 6.15. The average molecular weight is 277 g/mol. The van der Waals surface area contributed by atoms with Gasteiger partial charge in [0.05, 0.1) is 12.7 Å². The Hall–Kier alpha value is -1.06. The van der Waals surface area contributed by atoms with Gasteiger partial charge in [0, 0.05) is 18.7 Å². The predicted octanol–water partition coefficient (Wildman–Crippen LogP) is 3.01. The maximum atomic E-state index is 11.0. The van der Waals surface area contributed by atoms with Crippen LogP contribution in [0.3, 0.4) is 0 Å². The quantitative estimate of drug-likeness (QED) is 0.918. The average Bonchev–Trinajstić information content (AvgIpc) is 2.44. The third kappa shape index (κ3) is 2.84. The molecule has 1 heterocycles. The van der Waals surface area contributed by atoms with Gasteiger partial charge in [-0.05, 0) is 50.8 Å². The highest BCUT2D eigenvalue weighted by Gasteiger charge is 2.36. The Morgan fingerprint density at radius 2 is 1.90 bits per heavy atom. The van der Waals surface area contributed by atoms with Crippen molar-refractivity contribution in [1.29, 1.82) is 0 Å². The molecule has 0 atom stereocenters. The van der Waals surface area contributed by atoms with Crippen LogP contribution in [0, 0.1) is 13.8 Å². The van der Waals surface area contributed by atoms with Crippen LogP contribution in [0.15, 0.2) is 12.1 Å². The SMILES string of the molecule is CCCN1CCC(O)(c2ccc(C)c(C)c2OC)CC1. The molecule has 0 amide bonds. The number of aliphatic hydroxyl groups is 1. The summed E-state index contributed by atoms with van der Waals surface area (Å²) in [6.45, 7) is 9.39. The fourth-order valence-corrected chi connectivity index (χ4v) is 3.15. The van der Waals surface area contributed by atoms with Gasteiger partial charge in [-0.1, -0.05) is 19.1 Å². The molecule has 0 aromatic heterocycles. The summed E-state index contributed by atoms with van der Waals surface area (Å²) in [5.41, 5.74) is 2.56. The van der Waals surface area contributed by atoms with E-state index in [1.165, 1.54) is 12.0 Å². The summed E-state index contributed by atoms with van der Waals surface area (Å²) in [4.78, 5) is 2.43. The van der Waals surface area contributed by atoms with Gasteiger partial charge in [0.2, 0.25) is 0 Å². The number of ether oxygens (including phenoxy) is 1. The van der Waals surface area contributed by atoms with E-state index in [0.717, 1.165) is 49.4 Å². The lowest BCUT2D eigenvalue weighted by Gasteiger charge is -2.39. The Morgan fingerprint density at radius 3 is 2.45 bits per heavy atom. The Kier molecular flexibility index (Phi) is 4.71. The molecule has 0 bridgehead atoms. The Bertz CT molecular complexity index is 462. The molecule has 0 radical (unpaired) electrons. The summed E-state index contributed by atoms with van der Waals surface area (Å²) in [6, 6.07) is 4.13. The summed E-state index contributed by atoms with van der Waals surface area (Å²) in [5, 5.41) is 11.0. The van der Waals surface area contributed by atoms with Crippen LogP contribution in [-0.4, -0.2) is 36.8 Å². The zero-order chi connectivity index (χ0) is 14.8. The Balaban J connectivity index is 2.25. The van der Waals surface area contributed by atoms with Gasteiger partial charge in [-0.2, -0.15) is 0 Å². The van der Waals surface area contributed by atoms with Crippen molar-refractivity contribution in [2.75, 3.05) is 26.7 Å². The number of nitrogens with zero attached hydrogens (tertiary/aromatic N) is 1. The topological polar surface area (TPSA) is 32.7 Å². The maximum Gasteiger partial charge on any atom is 0.128 e. The molecule has 1 aliphatic heterocycles. The summed E-state index contributed by atoms with van der Waals surface area (Å²) in [6.07, 6.45) is 2.74. The number of hydrogen-bond acceptors (Lipinski definition) is 3. The van der Waals surface area contributed by atoms with E-state index in [2.05, 4.69) is 31.7 Å². The standard InChI is InChI=1S/C17H27NO2/c1-5-10-18-11-8-17(19,9-12-18)15-7-6-13(2)14(3)16(15)20-4/h6-7,19H,5,8-12H2,1-4H3. The van der Waals surface area contributed by atoms with Crippen molar-refractivity contribution >= 4 is 0 Å². The molecule has 1 N–H and O–H groups in total. The van der Waals surface area contributed by atoms with Crippen LogP contribution >= 0.6 is 0 Å². The Labute approximate surface area is 122 Å². The molecular formula is C17H27NO2. The molecule has 1 saturated heterocycles. The minimum Gasteiger partial charge on any atom is -0.496 e. The first-order valence-corrected chi connectivity index (χ1v) is 7.61. The first-order chi connectivity index (χ1) is 9.51. The molecule has 1 aromatic carbocycles. The third-order valence-electron chi connectivity index (χ3n) is 4.61. The largest absolute Gasteiger partial charge is 0.496 e. The number of benzene rings is 1. The molecule has 20 heavy (non-hydrogen) atoms. The van der Waals surface area contributed by atoms with E-state index < -0.39 is 5.60 Å². The third-order valence-corrected chi connectivity index (χ3v) is 4.61. The minimum absolute atomic E-state index is 0.742. The number of hydrogen-bond donors (Lipinski definition) is 1. The minimum atomic E-state index is -0.742. The smallest absolute Gasteiger partial charge is 0.128 e. The fourth-order valence-electron chi connectivity index (χ4n) is 3.15. The second-order valence-corrected chi connectivity index (χ2v) is 5.96. The van der Waals surface area contributed by atoms with E-state index in [1.807, 2.05) is 6.07 Å². The highest BCUT2D eigenvalue weighted by Crippen LogP contribution is 2.40. The molecule has 0 spiro atoms. The second-order valence-electron chi connectivity index (χ2n) is 5.96. The number of methoxy groups -OCH3 is 1. The number of piperidine rings is 1. The molecule has 0 aliphatic carbocycles. The van der Waals surface area contributed by atoms with E-state index in [-0.39, 0.29) is 0 Å². The Morgan fingerprint density at radius 1 is 1.25 bits per heavy atom. The summed E-state index contributed by atoms with van der Waals surface area (Å²) < 4.78 is 5.58. The number of aryl methyl sites for hydroxylation is 1. The van der Waals surface area contributed by atoms with Crippen LogP contribution in [0.25, 0.3) is 0 Å². The van der Waals surface area contributed by atoms with Crippen LogP contribution in [0.1, 0.15) is 42.9 Å². The molecular weight excluding hydrogens is 250 g/mol. The van der Waals surface area contributed by atoms with Gasteiger partial charge in [-0.15, -0.1) is 0 Å². The summed E-state index contributed by atoms with van der Waals surface area (Å²) in [7, 11) is 1.70. The molecule has 1 aliphatic rings. The van der Waals surface area contributed by atoms with Crippen LogP contribution in [-0.2, 0) is 5.60 Å². The zero-order valence-corrected chi connectivity index (χ0v) is 13.2. The van der Waals surface area contributed by atoms with Gasteiger partial charge in [0.15, 0.2) is 0 Å². The molecule has 0 unspecified atom stereocenters. The van der Waals surface area contributed by atoms with Gasteiger partial charge >= 0.3 is 0 Å². The van der Waals surface area contributed by atoms with Crippen molar-refractivity contribution in [2.24, 2.45) is 0 Å². The normalized spacial score (nSPS) is 19.1. The van der Waals surface area contributed by atoms with Crippen molar-refractivity contribution in [3.8, 4) is 5.75 Å². The monoisotopic (exact) mass is 277 g/mol. The van der Waals surface area contributed by atoms with Crippen LogP contribution < -0.4 is 4.74 Å². The van der Waals surface area contributed by atoms with Crippen molar-refractivity contribution in [2.45, 2.75) is 45.6 Å². The van der Waals surface area contributed by atoms with Crippen molar-refractivity contribution in [3.05, 3.63) is 28.8 Å². The molecule has 1 fully saturated rings. The van der Waals surface area contributed by atoms with Crippen molar-refractivity contribution < 1.29 is 9.84 Å². The van der Waals surface area contributed by atoms with E-state index in [4.69, 9.17) is 4.74 Å². The highest BCUT2D eigenvalue weighted by molar-refractivity contribution is 5.48. The van der Waals surface area contributed by atoms with Gasteiger partial charge in [0.1, 0.15) is 5.75 Å². The van der Waals surface area contributed by atoms with Gasteiger partial charge in [0.25, 0.3) is 0 Å². The molecule has 0 saturated carbocycles. The lowest BCUT2D eigenvalue weighted by Crippen LogP contribution is -2.43. The van der Waals surface area contributed by atoms with Crippen LogP contribution in [0.5, 0.6) is 5.75 Å². The van der Waals surface area contributed by atoms with E-state index in [9.17, 15) is 5.11 Å². The maximum absolute atomic E-state index is 11.0. The number of likely N-dealkylation sites (tertiary alicyclic amines) is 1. The summed E-state index contributed by atoms with van der Waals surface area (Å²) in [5.74, 6) is 0.858. The van der Waals surface area contributed by atoms with Crippen LogP contribution in [0.2, 0.25) is 0 Å². The van der Waals surface area contributed by atoms with Crippen LogP contribution in [0.4, 0.5) is 0 Å².